The number of carboxylic acid groups (broad SMARTS) is 1. The molecule has 1 aromatic carbocycles. The van der Waals surface area contributed by atoms with Crippen molar-refractivity contribution in [3.8, 4) is 11.1 Å². The largest absolute Gasteiger partial charge is 0.480 e. The first kappa shape index (κ1) is 11.2. The van der Waals surface area contributed by atoms with Gasteiger partial charge in [0.05, 0.1) is 6.20 Å². The third-order valence-electron chi connectivity index (χ3n) is 2.58. The van der Waals surface area contributed by atoms with E-state index in [4.69, 9.17) is 10.8 Å². The Bertz CT molecular complexity index is 548. The minimum Gasteiger partial charge on any atom is -0.480 e. The van der Waals surface area contributed by atoms with Gasteiger partial charge in [-0.25, -0.2) is 4.79 Å². The molecule has 17 heavy (non-hydrogen) atoms. The van der Waals surface area contributed by atoms with Gasteiger partial charge in [-0.1, -0.05) is 12.1 Å². The van der Waals surface area contributed by atoms with E-state index in [1.54, 1.807) is 25.4 Å². The molecule has 0 aliphatic rings. The highest BCUT2D eigenvalue weighted by Crippen LogP contribution is 2.21. The third kappa shape index (κ3) is 2.28. The molecule has 0 bridgehead atoms. The van der Waals surface area contributed by atoms with E-state index in [9.17, 15) is 4.79 Å². The zero-order chi connectivity index (χ0) is 12.4. The average molecular weight is 231 g/mol. The van der Waals surface area contributed by atoms with Crippen LogP contribution in [-0.4, -0.2) is 20.9 Å². The second kappa shape index (κ2) is 4.29. The first-order valence-corrected chi connectivity index (χ1v) is 5.21. The van der Waals surface area contributed by atoms with Crippen LogP contribution in [0.5, 0.6) is 0 Å². The molecule has 1 atom stereocenters. The minimum atomic E-state index is -0.910. The van der Waals surface area contributed by atoms with Crippen LogP contribution in [-0.2, 0) is 4.79 Å². The van der Waals surface area contributed by atoms with E-state index >= 15 is 0 Å². The van der Waals surface area contributed by atoms with Crippen molar-refractivity contribution < 1.29 is 9.90 Å². The van der Waals surface area contributed by atoms with Crippen LogP contribution in [0.2, 0.25) is 0 Å². The molecular formula is C12H13N3O2. The summed E-state index contributed by atoms with van der Waals surface area (Å²) in [4.78, 5) is 10.8. The number of hydrogen-bond donors (Lipinski definition) is 2. The smallest absolute Gasteiger partial charge is 0.328 e. The van der Waals surface area contributed by atoms with E-state index in [2.05, 4.69) is 5.10 Å². The highest BCUT2D eigenvalue weighted by Gasteiger charge is 2.14. The molecular weight excluding hydrogens is 218 g/mol. The molecule has 0 spiro atoms. The number of benzene rings is 1. The molecule has 0 saturated carbocycles. The van der Waals surface area contributed by atoms with Crippen molar-refractivity contribution in [2.24, 2.45) is 0 Å². The summed E-state index contributed by atoms with van der Waals surface area (Å²) in [6, 6.07) is 6.71. The number of aliphatic carboxylic acids is 1. The van der Waals surface area contributed by atoms with E-state index in [0.29, 0.717) is 5.69 Å². The monoisotopic (exact) mass is 231 g/mol. The van der Waals surface area contributed by atoms with Crippen molar-refractivity contribution in [2.45, 2.75) is 13.0 Å². The summed E-state index contributed by atoms with van der Waals surface area (Å²) < 4.78 is 1.42. The van der Waals surface area contributed by atoms with Gasteiger partial charge in [0.1, 0.15) is 6.04 Å². The summed E-state index contributed by atoms with van der Waals surface area (Å²) in [6.07, 6.45) is 3.34. The molecule has 0 radical (unpaired) electrons. The van der Waals surface area contributed by atoms with Gasteiger partial charge in [0.15, 0.2) is 0 Å². The highest BCUT2D eigenvalue weighted by atomic mass is 16.4. The Morgan fingerprint density at radius 3 is 2.88 bits per heavy atom. The maximum absolute atomic E-state index is 10.8. The van der Waals surface area contributed by atoms with Crippen molar-refractivity contribution in [3.05, 3.63) is 36.7 Å². The van der Waals surface area contributed by atoms with Gasteiger partial charge in [0.25, 0.3) is 0 Å². The Hall–Kier alpha value is -2.30. The van der Waals surface area contributed by atoms with Crippen LogP contribution in [0.1, 0.15) is 13.0 Å². The molecule has 2 aromatic rings. The van der Waals surface area contributed by atoms with Crippen LogP contribution in [0, 0.1) is 0 Å². The van der Waals surface area contributed by atoms with E-state index in [0.717, 1.165) is 11.1 Å². The first-order chi connectivity index (χ1) is 8.08. The lowest BCUT2D eigenvalue weighted by molar-refractivity contribution is -0.140. The van der Waals surface area contributed by atoms with Crippen molar-refractivity contribution in [2.75, 3.05) is 5.73 Å². The number of rotatable bonds is 3. The summed E-state index contributed by atoms with van der Waals surface area (Å²) in [6.45, 7) is 1.58. The molecule has 0 aliphatic carbocycles. The van der Waals surface area contributed by atoms with E-state index < -0.39 is 12.0 Å². The van der Waals surface area contributed by atoms with Crippen LogP contribution in [0.4, 0.5) is 5.69 Å². The highest BCUT2D eigenvalue weighted by molar-refractivity contribution is 5.72. The zero-order valence-corrected chi connectivity index (χ0v) is 9.37. The molecule has 1 unspecified atom stereocenters. The number of nitrogens with two attached hydrogens (primary N) is 1. The number of anilines is 1. The average Bonchev–Trinajstić information content (AvgIpc) is 2.77. The Morgan fingerprint density at radius 2 is 2.24 bits per heavy atom. The lowest BCUT2D eigenvalue weighted by atomic mass is 10.1. The molecule has 0 amide bonds. The number of nitrogen functional groups attached to an aromatic ring is 1. The molecule has 5 heteroatoms. The molecule has 2 rings (SSSR count). The number of nitrogens with zero attached hydrogens (tertiary/aromatic N) is 2. The molecule has 0 aliphatic heterocycles. The van der Waals surface area contributed by atoms with Gasteiger partial charge in [-0.05, 0) is 24.6 Å². The van der Waals surface area contributed by atoms with E-state index in [1.165, 1.54) is 4.68 Å². The number of carboxylic acids is 1. The fourth-order valence-corrected chi connectivity index (χ4v) is 1.53. The zero-order valence-electron chi connectivity index (χ0n) is 9.37. The van der Waals surface area contributed by atoms with Crippen LogP contribution in [0.3, 0.4) is 0 Å². The topological polar surface area (TPSA) is 81.1 Å². The Morgan fingerprint density at radius 1 is 1.47 bits per heavy atom. The van der Waals surface area contributed by atoms with Crippen molar-refractivity contribution in [1.29, 1.82) is 0 Å². The number of carbonyl (C=O) groups is 1. The summed E-state index contributed by atoms with van der Waals surface area (Å²) >= 11 is 0. The Balaban J connectivity index is 2.33. The van der Waals surface area contributed by atoms with Crippen molar-refractivity contribution >= 4 is 11.7 Å². The Labute approximate surface area is 98.5 Å². The van der Waals surface area contributed by atoms with Gasteiger partial charge in [-0.3, -0.25) is 4.68 Å². The fraction of sp³-hybridized carbons (Fsp3) is 0.167. The predicted octanol–water partition coefficient (Wildman–Crippen LogP) is 1.78. The van der Waals surface area contributed by atoms with Gasteiger partial charge < -0.3 is 10.8 Å². The van der Waals surface area contributed by atoms with Crippen LogP contribution in [0.25, 0.3) is 11.1 Å². The van der Waals surface area contributed by atoms with Crippen LogP contribution < -0.4 is 5.73 Å². The molecule has 1 heterocycles. The minimum absolute atomic E-state index is 0.668. The summed E-state index contributed by atoms with van der Waals surface area (Å²) in [7, 11) is 0. The Kier molecular flexibility index (Phi) is 2.82. The second-order valence-corrected chi connectivity index (χ2v) is 3.85. The maximum Gasteiger partial charge on any atom is 0.328 e. The second-order valence-electron chi connectivity index (χ2n) is 3.85. The quantitative estimate of drug-likeness (QED) is 0.789. The fourth-order valence-electron chi connectivity index (χ4n) is 1.53. The molecule has 88 valence electrons. The van der Waals surface area contributed by atoms with Crippen LogP contribution >= 0.6 is 0 Å². The first-order valence-electron chi connectivity index (χ1n) is 5.21. The van der Waals surface area contributed by atoms with E-state index in [1.807, 2.05) is 18.2 Å². The van der Waals surface area contributed by atoms with Crippen molar-refractivity contribution in [1.82, 2.24) is 9.78 Å². The molecule has 5 nitrogen and oxygen atoms in total. The summed E-state index contributed by atoms with van der Waals surface area (Å²) in [5.74, 6) is -0.910. The van der Waals surface area contributed by atoms with Gasteiger partial charge in [-0.15, -0.1) is 0 Å². The number of aromatic nitrogens is 2. The lowest BCUT2D eigenvalue weighted by Crippen LogP contribution is -2.15. The lowest BCUT2D eigenvalue weighted by Gasteiger charge is -2.05. The van der Waals surface area contributed by atoms with Crippen molar-refractivity contribution in [3.63, 3.8) is 0 Å². The summed E-state index contributed by atoms with van der Waals surface area (Å²) in [5.41, 5.74) is 8.13. The normalized spacial score (nSPS) is 12.3. The van der Waals surface area contributed by atoms with E-state index in [-0.39, 0.29) is 0 Å². The standard InChI is InChI=1S/C12H13N3O2/c1-8(12(16)17)15-7-10(6-14-15)9-3-2-4-11(13)5-9/h2-8H,13H2,1H3,(H,16,17). The SMILES string of the molecule is CC(C(=O)O)n1cc(-c2cccc(N)c2)cn1. The summed E-state index contributed by atoms with van der Waals surface area (Å²) in [5, 5.41) is 12.9. The molecule has 1 aromatic heterocycles. The maximum atomic E-state index is 10.8. The number of hydrogen-bond acceptors (Lipinski definition) is 3. The predicted molar refractivity (Wildman–Crippen MR) is 64.4 cm³/mol. The molecule has 0 saturated heterocycles. The van der Waals surface area contributed by atoms with Gasteiger partial charge >= 0.3 is 5.97 Å². The van der Waals surface area contributed by atoms with Gasteiger partial charge in [-0.2, -0.15) is 5.10 Å². The van der Waals surface area contributed by atoms with Crippen LogP contribution in [0.15, 0.2) is 36.7 Å². The third-order valence-corrected chi connectivity index (χ3v) is 2.58. The van der Waals surface area contributed by atoms with Gasteiger partial charge in [0, 0.05) is 17.4 Å². The van der Waals surface area contributed by atoms with Gasteiger partial charge in [0.2, 0.25) is 0 Å². The molecule has 0 fully saturated rings. The molecule has 3 N–H and O–H groups in total.